The highest BCUT2D eigenvalue weighted by atomic mass is 16.5. The van der Waals surface area contributed by atoms with Crippen LogP contribution >= 0.6 is 0 Å². The van der Waals surface area contributed by atoms with Gasteiger partial charge in [0.1, 0.15) is 5.75 Å². The Morgan fingerprint density at radius 3 is 2.73 bits per heavy atom. The second kappa shape index (κ2) is 4.70. The number of hydrogen-bond donors (Lipinski definition) is 0. The zero-order chi connectivity index (χ0) is 15.2. The molecule has 1 heterocycles. The molecule has 1 spiro atoms. The van der Waals surface area contributed by atoms with E-state index < -0.39 is 5.60 Å². The molecule has 1 atom stereocenters. The van der Waals surface area contributed by atoms with Crippen molar-refractivity contribution in [2.24, 2.45) is 0 Å². The summed E-state index contributed by atoms with van der Waals surface area (Å²) in [6.07, 6.45) is 4.90. The SMILES string of the molecule is C=CCC1=Cc2ccccc2[C@]2(Cc3ccccc3O2)C1=O. The number of hydrogen-bond acceptors (Lipinski definition) is 2. The lowest BCUT2D eigenvalue weighted by Gasteiger charge is -2.33. The standard InChI is InChI=1S/C20H16O2/c1-2-7-15-12-14-8-3-5-10-17(14)20(19(15)21)13-16-9-4-6-11-18(16)22-20/h2-6,8-12H,1,7,13H2/t20-/m1/s1. The van der Waals surface area contributed by atoms with E-state index in [2.05, 4.69) is 6.58 Å². The average molecular weight is 288 g/mol. The molecule has 2 nitrogen and oxygen atoms in total. The fraction of sp³-hybridized carbons (Fsp3) is 0.150. The Hall–Kier alpha value is -2.61. The average Bonchev–Trinajstić information content (AvgIpc) is 2.93. The minimum atomic E-state index is -0.909. The number of Topliss-reactive ketones (excluding diaryl/α,β-unsaturated/α-hetero) is 1. The van der Waals surface area contributed by atoms with Crippen molar-refractivity contribution in [2.75, 3.05) is 0 Å². The van der Waals surface area contributed by atoms with Crippen molar-refractivity contribution in [2.45, 2.75) is 18.4 Å². The molecule has 0 amide bonds. The second-order valence-corrected chi connectivity index (χ2v) is 5.79. The van der Waals surface area contributed by atoms with Gasteiger partial charge in [0.25, 0.3) is 0 Å². The van der Waals surface area contributed by atoms with Gasteiger partial charge in [-0.3, -0.25) is 4.79 Å². The van der Waals surface area contributed by atoms with E-state index in [-0.39, 0.29) is 5.78 Å². The van der Waals surface area contributed by atoms with Gasteiger partial charge in [0, 0.05) is 17.6 Å². The van der Waals surface area contributed by atoms with E-state index in [4.69, 9.17) is 4.74 Å². The van der Waals surface area contributed by atoms with E-state index in [1.165, 1.54) is 0 Å². The van der Waals surface area contributed by atoms with Crippen molar-refractivity contribution in [1.82, 2.24) is 0 Å². The van der Waals surface area contributed by atoms with Crippen LogP contribution < -0.4 is 4.74 Å². The lowest BCUT2D eigenvalue weighted by molar-refractivity contribution is -0.130. The number of carbonyl (C=O) groups is 1. The van der Waals surface area contributed by atoms with Gasteiger partial charge in [-0.15, -0.1) is 6.58 Å². The fourth-order valence-electron chi connectivity index (χ4n) is 3.45. The monoisotopic (exact) mass is 288 g/mol. The van der Waals surface area contributed by atoms with Gasteiger partial charge in [-0.05, 0) is 29.7 Å². The topological polar surface area (TPSA) is 26.3 Å². The highest BCUT2D eigenvalue weighted by Gasteiger charge is 2.50. The molecular weight excluding hydrogens is 272 g/mol. The van der Waals surface area contributed by atoms with Gasteiger partial charge in [0.2, 0.25) is 11.4 Å². The maximum absolute atomic E-state index is 13.1. The summed E-state index contributed by atoms with van der Waals surface area (Å²) in [6.45, 7) is 3.77. The van der Waals surface area contributed by atoms with Crippen LogP contribution in [0.3, 0.4) is 0 Å². The maximum Gasteiger partial charge on any atom is 0.207 e. The molecule has 2 aromatic rings. The fourth-order valence-corrected chi connectivity index (χ4v) is 3.45. The number of ether oxygens (including phenoxy) is 1. The zero-order valence-electron chi connectivity index (χ0n) is 12.2. The number of rotatable bonds is 2. The summed E-state index contributed by atoms with van der Waals surface area (Å²) < 4.78 is 6.23. The molecule has 2 heteroatoms. The van der Waals surface area contributed by atoms with Crippen LogP contribution in [-0.2, 0) is 16.8 Å². The molecule has 0 fully saturated rings. The van der Waals surface area contributed by atoms with Crippen molar-refractivity contribution in [3.05, 3.63) is 83.4 Å². The van der Waals surface area contributed by atoms with Crippen LogP contribution in [0.1, 0.15) is 23.1 Å². The minimum Gasteiger partial charge on any atom is -0.474 e. The summed E-state index contributed by atoms with van der Waals surface area (Å²) in [7, 11) is 0. The Morgan fingerprint density at radius 1 is 1.14 bits per heavy atom. The van der Waals surface area contributed by atoms with Crippen LogP contribution in [0, 0.1) is 0 Å². The van der Waals surface area contributed by atoms with E-state index in [9.17, 15) is 4.79 Å². The lowest BCUT2D eigenvalue weighted by Crippen LogP contribution is -2.43. The maximum atomic E-state index is 13.1. The van der Waals surface area contributed by atoms with Gasteiger partial charge in [-0.1, -0.05) is 48.5 Å². The third-order valence-electron chi connectivity index (χ3n) is 4.44. The van der Waals surface area contributed by atoms with E-state index in [0.717, 1.165) is 28.0 Å². The number of allylic oxidation sites excluding steroid dienone is 1. The Labute approximate surface area is 129 Å². The Kier molecular flexibility index (Phi) is 2.80. The summed E-state index contributed by atoms with van der Waals surface area (Å²) in [5, 5.41) is 0. The van der Waals surface area contributed by atoms with Crippen molar-refractivity contribution >= 4 is 11.9 Å². The largest absolute Gasteiger partial charge is 0.474 e. The van der Waals surface area contributed by atoms with E-state index in [0.29, 0.717) is 12.8 Å². The molecule has 0 saturated heterocycles. The Bertz CT molecular complexity index is 789. The number of fused-ring (bicyclic) bond motifs is 3. The molecule has 4 rings (SSSR count). The second-order valence-electron chi connectivity index (χ2n) is 5.79. The van der Waals surface area contributed by atoms with Gasteiger partial charge in [0.15, 0.2) is 0 Å². The first kappa shape index (κ1) is 13.1. The van der Waals surface area contributed by atoms with Crippen LogP contribution in [0.15, 0.2) is 66.8 Å². The van der Waals surface area contributed by atoms with Crippen molar-refractivity contribution in [1.29, 1.82) is 0 Å². The van der Waals surface area contributed by atoms with Gasteiger partial charge >= 0.3 is 0 Å². The molecule has 0 bridgehead atoms. The van der Waals surface area contributed by atoms with Crippen LogP contribution in [-0.4, -0.2) is 5.78 Å². The van der Waals surface area contributed by atoms with Crippen molar-refractivity contribution < 1.29 is 9.53 Å². The normalized spacial score (nSPS) is 21.8. The van der Waals surface area contributed by atoms with Gasteiger partial charge in [-0.25, -0.2) is 0 Å². The van der Waals surface area contributed by atoms with Crippen LogP contribution in [0.4, 0.5) is 0 Å². The van der Waals surface area contributed by atoms with Crippen molar-refractivity contribution in [3.63, 3.8) is 0 Å². The molecule has 2 aliphatic rings. The molecule has 1 aliphatic carbocycles. The minimum absolute atomic E-state index is 0.0577. The first-order valence-electron chi connectivity index (χ1n) is 7.47. The molecule has 2 aromatic carbocycles. The molecule has 0 unspecified atom stereocenters. The Balaban J connectivity index is 1.91. The number of benzene rings is 2. The quantitative estimate of drug-likeness (QED) is 0.779. The van der Waals surface area contributed by atoms with Crippen LogP contribution in [0.25, 0.3) is 6.08 Å². The first-order chi connectivity index (χ1) is 10.7. The van der Waals surface area contributed by atoms with E-state index >= 15 is 0 Å². The molecule has 0 N–H and O–H groups in total. The summed E-state index contributed by atoms with van der Waals surface area (Å²) in [5.41, 5.74) is 2.97. The first-order valence-corrected chi connectivity index (χ1v) is 7.47. The molecule has 22 heavy (non-hydrogen) atoms. The molecule has 0 saturated carbocycles. The van der Waals surface area contributed by atoms with Gasteiger partial charge in [0.05, 0.1) is 0 Å². The highest BCUT2D eigenvalue weighted by molar-refractivity contribution is 6.09. The molecule has 1 aliphatic heterocycles. The van der Waals surface area contributed by atoms with Gasteiger partial charge < -0.3 is 4.74 Å². The van der Waals surface area contributed by atoms with E-state index in [1.807, 2.05) is 54.6 Å². The van der Waals surface area contributed by atoms with E-state index in [1.54, 1.807) is 6.08 Å². The molecular formula is C20H16O2. The summed E-state index contributed by atoms with van der Waals surface area (Å²) in [4.78, 5) is 13.1. The predicted octanol–water partition coefficient (Wildman–Crippen LogP) is 4.06. The molecule has 0 aromatic heterocycles. The third-order valence-corrected chi connectivity index (χ3v) is 4.44. The highest BCUT2D eigenvalue weighted by Crippen LogP contribution is 2.47. The summed E-state index contributed by atoms with van der Waals surface area (Å²) >= 11 is 0. The smallest absolute Gasteiger partial charge is 0.207 e. The Morgan fingerprint density at radius 2 is 1.91 bits per heavy atom. The summed E-state index contributed by atoms with van der Waals surface area (Å²) in [5.74, 6) is 0.868. The number of ketones is 1. The van der Waals surface area contributed by atoms with Crippen LogP contribution in [0.2, 0.25) is 0 Å². The lowest BCUT2D eigenvalue weighted by atomic mass is 9.75. The zero-order valence-corrected chi connectivity index (χ0v) is 12.2. The van der Waals surface area contributed by atoms with Gasteiger partial charge in [-0.2, -0.15) is 0 Å². The third kappa shape index (κ3) is 1.70. The number of para-hydroxylation sites is 1. The predicted molar refractivity (Wildman–Crippen MR) is 86.7 cm³/mol. The molecule has 0 radical (unpaired) electrons. The van der Waals surface area contributed by atoms with Crippen LogP contribution in [0.5, 0.6) is 5.75 Å². The molecule has 108 valence electrons. The summed E-state index contributed by atoms with van der Waals surface area (Å²) in [6, 6.07) is 15.9. The number of carbonyl (C=O) groups excluding carboxylic acids is 1. The van der Waals surface area contributed by atoms with Crippen molar-refractivity contribution in [3.8, 4) is 5.75 Å².